The summed E-state index contributed by atoms with van der Waals surface area (Å²) in [7, 11) is 0. The number of carbonyl (C=O) groups excluding carboxylic acids is 1. The van der Waals surface area contributed by atoms with Gasteiger partial charge < -0.3 is 16.0 Å². The van der Waals surface area contributed by atoms with Crippen LogP contribution in [0.15, 0.2) is 0 Å². The predicted octanol–water partition coefficient (Wildman–Crippen LogP) is 1.49. The van der Waals surface area contributed by atoms with Crippen molar-refractivity contribution in [2.45, 2.75) is 64.5 Å². The number of nitrogens with two attached hydrogens (primary N) is 1. The monoisotopic (exact) mass is 255 g/mol. The number of amides is 1. The van der Waals surface area contributed by atoms with Gasteiger partial charge in [0.1, 0.15) is 0 Å². The number of piperidine rings is 1. The second kappa shape index (κ2) is 8.48. The van der Waals surface area contributed by atoms with E-state index in [2.05, 4.69) is 24.1 Å². The molecule has 1 rings (SSSR count). The van der Waals surface area contributed by atoms with Crippen LogP contribution in [-0.4, -0.2) is 42.5 Å². The van der Waals surface area contributed by atoms with E-state index in [0.29, 0.717) is 0 Å². The second-order valence-corrected chi connectivity index (χ2v) is 5.52. The minimum absolute atomic E-state index is 0.00737. The molecule has 4 heteroatoms. The van der Waals surface area contributed by atoms with Crippen LogP contribution in [0.3, 0.4) is 0 Å². The van der Waals surface area contributed by atoms with Crippen molar-refractivity contribution in [3.63, 3.8) is 0 Å². The van der Waals surface area contributed by atoms with E-state index in [9.17, 15) is 4.79 Å². The lowest BCUT2D eigenvalue weighted by Gasteiger charge is -2.29. The van der Waals surface area contributed by atoms with Crippen LogP contribution in [0, 0.1) is 0 Å². The molecule has 1 heterocycles. The Labute approximate surface area is 111 Å². The zero-order valence-corrected chi connectivity index (χ0v) is 12.0. The Hall–Kier alpha value is -0.610. The first kappa shape index (κ1) is 15.4. The van der Waals surface area contributed by atoms with Gasteiger partial charge in [0.25, 0.3) is 0 Å². The van der Waals surface area contributed by atoms with E-state index in [1.54, 1.807) is 0 Å². The van der Waals surface area contributed by atoms with Crippen LogP contribution in [0.1, 0.15) is 52.4 Å². The van der Waals surface area contributed by atoms with Gasteiger partial charge in [-0.2, -0.15) is 0 Å². The van der Waals surface area contributed by atoms with Gasteiger partial charge in [0, 0.05) is 12.6 Å². The van der Waals surface area contributed by atoms with Gasteiger partial charge in [-0.1, -0.05) is 26.2 Å². The van der Waals surface area contributed by atoms with Crippen molar-refractivity contribution in [3.05, 3.63) is 0 Å². The summed E-state index contributed by atoms with van der Waals surface area (Å²) in [6.07, 6.45) is 6.82. The van der Waals surface area contributed by atoms with E-state index >= 15 is 0 Å². The molecule has 0 aromatic rings. The van der Waals surface area contributed by atoms with Gasteiger partial charge in [-0.25, -0.2) is 0 Å². The number of unbranched alkanes of at least 4 members (excludes halogenated alkanes) is 1. The van der Waals surface area contributed by atoms with E-state index in [1.807, 2.05) is 0 Å². The minimum Gasteiger partial charge on any atom is -0.351 e. The molecule has 0 saturated carbocycles. The quantitative estimate of drug-likeness (QED) is 0.725. The zero-order chi connectivity index (χ0) is 13.4. The highest BCUT2D eigenvalue weighted by Crippen LogP contribution is 2.08. The summed E-state index contributed by atoms with van der Waals surface area (Å²) in [4.78, 5) is 14.3. The maximum atomic E-state index is 11.8. The Kier molecular flexibility index (Phi) is 7.28. The number of hydrogen-bond donors (Lipinski definition) is 2. The summed E-state index contributed by atoms with van der Waals surface area (Å²) in [5.74, 6) is 0.00737. The van der Waals surface area contributed by atoms with Crippen molar-refractivity contribution < 1.29 is 4.79 Å². The highest BCUT2D eigenvalue weighted by Gasteiger charge is 2.18. The minimum atomic E-state index is -0.339. The van der Waals surface area contributed by atoms with Gasteiger partial charge >= 0.3 is 0 Å². The Morgan fingerprint density at radius 1 is 1.33 bits per heavy atom. The van der Waals surface area contributed by atoms with Crippen LogP contribution in [0.2, 0.25) is 0 Å². The number of nitrogens with zero attached hydrogens (tertiary/aromatic N) is 1. The molecule has 1 aliphatic heterocycles. The molecule has 0 spiro atoms. The summed E-state index contributed by atoms with van der Waals surface area (Å²) in [6, 6.07) is -0.142. The third kappa shape index (κ3) is 5.83. The van der Waals surface area contributed by atoms with Crippen LogP contribution in [0.5, 0.6) is 0 Å². The van der Waals surface area contributed by atoms with Gasteiger partial charge in [-0.05, 0) is 39.3 Å². The molecule has 1 fully saturated rings. The average Bonchev–Trinajstić information content (AvgIpc) is 2.36. The number of nitrogens with one attached hydrogen (secondary N) is 1. The van der Waals surface area contributed by atoms with E-state index in [0.717, 1.165) is 25.8 Å². The molecule has 18 heavy (non-hydrogen) atoms. The lowest BCUT2D eigenvalue weighted by atomic mass is 10.1. The van der Waals surface area contributed by atoms with Crippen molar-refractivity contribution in [3.8, 4) is 0 Å². The summed E-state index contributed by atoms with van der Waals surface area (Å²) in [6.45, 7) is 7.47. The second-order valence-electron chi connectivity index (χ2n) is 5.52. The van der Waals surface area contributed by atoms with Crippen molar-refractivity contribution in [2.24, 2.45) is 5.73 Å². The van der Waals surface area contributed by atoms with Crippen LogP contribution in [0.25, 0.3) is 0 Å². The fourth-order valence-electron chi connectivity index (χ4n) is 2.48. The van der Waals surface area contributed by atoms with Crippen LogP contribution in [-0.2, 0) is 4.79 Å². The third-order valence-corrected chi connectivity index (χ3v) is 3.57. The summed E-state index contributed by atoms with van der Waals surface area (Å²) >= 11 is 0. The molecule has 1 amide bonds. The molecule has 1 saturated heterocycles. The molecule has 1 aliphatic rings. The molecule has 3 N–H and O–H groups in total. The van der Waals surface area contributed by atoms with E-state index < -0.39 is 0 Å². The molecule has 106 valence electrons. The standard InChI is InChI=1S/C14H29N3O/c1-3-4-8-13(15)14(18)16-12(2)11-17-9-6-5-7-10-17/h12-13H,3-11,15H2,1-2H3,(H,16,18)/t12?,13-/m0/s1. The first-order valence-electron chi connectivity index (χ1n) is 7.41. The molecule has 2 atom stereocenters. The van der Waals surface area contributed by atoms with Crippen molar-refractivity contribution >= 4 is 5.91 Å². The normalized spacial score (nSPS) is 20.4. The fraction of sp³-hybridized carbons (Fsp3) is 0.929. The Morgan fingerprint density at radius 2 is 2.00 bits per heavy atom. The lowest BCUT2D eigenvalue weighted by Crippen LogP contribution is -2.49. The molecule has 1 unspecified atom stereocenters. The molecule has 0 aromatic heterocycles. The third-order valence-electron chi connectivity index (χ3n) is 3.57. The average molecular weight is 255 g/mol. The number of hydrogen-bond acceptors (Lipinski definition) is 3. The molecule has 0 bridgehead atoms. The lowest BCUT2D eigenvalue weighted by molar-refractivity contribution is -0.123. The van der Waals surface area contributed by atoms with E-state index in [1.165, 1.54) is 32.4 Å². The number of rotatable bonds is 7. The van der Waals surface area contributed by atoms with Gasteiger partial charge in [0.05, 0.1) is 6.04 Å². The van der Waals surface area contributed by atoms with Crippen molar-refractivity contribution in [1.82, 2.24) is 10.2 Å². The van der Waals surface area contributed by atoms with Gasteiger partial charge in [0.15, 0.2) is 0 Å². The highest BCUT2D eigenvalue weighted by molar-refractivity contribution is 5.81. The summed E-state index contributed by atoms with van der Waals surface area (Å²) in [5, 5.41) is 3.03. The number of likely N-dealkylation sites (tertiary alicyclic amines) is 1. The fourth-order valence-corrected chi connectivity index (χ4v) is 2.48. The van der Waals surface area contributed by atoms with Gasteiger partial charge in [-0.3, -0.25) is 4.79 Å². The Balaban J connectivity index is 2.21. The molecular weight excluding hydrogens is 226 g/mol. The summed E-state index contributed by atoms with van der Waals surface area (Å²) < 4.78 is 0. The van der Waals surface area contributed by atoms with Crippen LogP contribution < -0.4 is 11.1 Å². The number of carbonyl (C=O) groups is 1. The topological polar surface area (TPSA) is 58.4 Å². The Bertz CT molecular complexity index is 239. The molecule has 0 aromatic carbocycles. The first-order chi connectivity index (χ1) is 8.63. The maximum Gasteiger partial charge on any atom is 0.237 e. The molecular formula is C14H29N3O. The van der Waals surface area contributed by atoms with E-state index in [4.69, 9.17) is 5.73 Å². The molecule has 4 nitrogen and oxygen atoms in total. The van der Waals surface area contributed by atoms with Crippen molar-refractivity contribution in [1.29, 1.82) is 0 Å². The molecule has 0 aliphatic carbocycles. The SMILES string of the molecule is CCCC[C@H](N)C(=O)NC(C)CN1CCCCC1. The Morgan fingerprint density at radius 3 is 2.61 bits per heavy atom. The molecule has 0 radical (unpaired) electrons. The smallest absolute Gasteiger partial charge is 0.237 e. The van der Waals surface area contributed by atoms with Crippen LogP contribution in [0.4, 0.5) is 0 Å². The highest BCUT2D eigenvalue weighted by atomic mass is 16.2. The maximum absolute atomic E-state index is 11.8. The first-order valence-corrected chi connectivity index (χ1v) is 7.41. The van der Waals surface area contributed by atoms with E-state index in [-0.39, 0.29) is 18.0 Å². The van der Waals surface area contributed by atoms with Crippen molar-refractivity contribution in [2.75, 3.05) is 19.6 Å². The largest absolute Gasteiger partial charge is 0.351 e. The van der Waals surface area contributed by atoms with Gasteiger partial charge in [0.2, 0.25) is 5.91 Å². The van der Waals surface area contributed by atoms with Gasteiger partial charge in [-0.15, -0.1) is 0 Å². The summed E-state index contributed by atoms with van der Waals surface area (Å²) in [5.41, 5.74) is 5.86. The predicted molar refractivity (Wildman–Crippen MR) is 75.4 cm³/mol. The van der Waals surface area contributed by atoms with Crippen LogP contribution >= 0.6 is 0 Å². The zero-order valence-electron chi connectivity index (χ0n) is 12.0.